The van der Waals surface area contributed by atoms with Crippen molar-refractivity contribution < 1.29 is 13.2 Å². The zero-order valence-electron chi connectivity index (χ0n) is 18.0. The molecule has 0 fully saturated rings. The van der Waals surface area contributed by atoms with Crippen LogP contribution in [-0.4, -0.2) is 57.6 Å². The Bertz CT molecular complexity index is 1140. The number of hydrogen-bond acceptors (Lipinski definition) is 6. The number of carbonyl (C=O) groups excluding carboxylic acids is 1. The van der Waals surface area contributed by atoms with Crippen molar-refractivity contribution in [3.8, 4) is 0 Å². The lowest BCUT2D eigenvalue weighted by molar-refractivity contribution is 0.0983. The lowest BCUT2D eigenvalue weighted by Crippen LogP contribution is -2.34. The number of aryl methyl sites for hydroxylation is 2. The highest BCUT2D eigenvalue weighted by Gasteiger charge is 2.26. The molecule has 2 aromatic carbocycles. The number of anilines is 1. The summed E-state index contributed by atoms with van der Waals surface area (Å²) in [5.74, 6) is -0.343. The van der Waals surface area contributed by atoms with E-state index in [1.165, 1.54) is 17.4 Å². The first kappa shape index (κ1) is 22.4. The van der Waals surface area contributed by atoms with Crippen molar-refractivity contribution in [2.45, 2.75) is 25.2 Å². The van der Waals surface area contributed by atoms with Crippen molar-refractivity contribution >= 4 is 42.4 Å². The standard InChI is InChI=1S/C22H27N3O3S2/c1-15-11-12-16(2)20-19(15)23-22(29-20)25(14-8-13-24(3)4)21(26)17-9-6-7-10-18(17)30(5,27)28/h6-7,9-12H,8,13-14H2,1-5H3. The molecule has 0 atom stereocenters. The van der Waals surface area contributed by atoms with E-state index in [0.717, 1.165) is 40.6 Å². The Morgan fingerprint density at radius 3 is 2.33 bits per heavy atom. The van der Waals surface area contributed by atoms with Crippen molar-refractivity contribution in [2.24, 2.45) is 0 Å². The molecular formula is C22H27N3O3S2. The summed E-state index contributed by atoms with van der Waals surface area (Å²) in [4.78, 5) is 22.0. The summed E-state index contributed by atoms with van der Waals surface area (Å²) in [5, 5.41) is 0.592. The molecular weight excluding hydrogens is 418 g/mol. The van der Waals surface area contributed by atoms with Crippen LogP contribution in [-0.2, 0) is 9.84 Å². The third-order valence-electron chi connectivity index (χ3n) is 4.91. The Labute approximate surface area is 182 Å². The van der Waals surface area contributed by atoms with E-state index in [1.54, 1.807) is 23.1 Å². The Morgan fingerprint density at radius 1 is 1.03 bits per heavy atom. The Morgan fingerprint density at radius 2 is 1.70 bits per heavy atom. The summed E-state index contributed by atoms with van der Waals surface area (Å²) in [5.41, 5.74) is 3.22. The van der Waals surface area contributed by atoms with Gasteiger partial charge in [-0.05, 0) is 64.2 Å². The summed E-state index contributed by atoms with van der Waals surface area (Å²) in [6.45, 7) is 5.29. The van der Waals surface area contributed by atoms with Crippen LogP contribution in [0.2, 0.25) is 0 Å². The molecule has 1 amide bonds. The Balaban J connectivity index is 2.09. The fourth-order valence-electron chi connectivity index (χ4n) is 3.30. The highest BCUT2D eigenvalue weighted by Crippen LogP contribution is 2.34. The summed E-state index contributed by atoms with van der Waals surface area (Å²) in [6, 6.07) is 10.4. The third-order valence-corrected chi connectivity index (χ3v) is 7.28. The predicted octanol–water partition coefficient (Wildman–Crippen LogP) is 3.92. The SMILES string of the molecule is Cc1ccc(C)c2sc(N(CCCN(C)C)C(=O)c3ccccc3S(C)(=O)=O)nc12. The molecule has 0 aliphatic rings. The molecule has 0 bridgehead atoms. The number of hydrogen-bond donors (Lipinski definition) is 0. The maximum atomic E-state index is 13.5. The minimum Gasteiger partial charge on any atom is -0.309 e. The van der Waals surface area contributed by atoms with Crippen LogP contribution in [0.15, 0.2) is 41.3 Å². The van der Waals surface area contributed by atoms with Crippen molar-refractivity contribution in [2.75, 3.05) is 38.3 Å². The van der Waals surface area contributed by atoms with E-state index in [2.05, 4.69) is 11.0 Å². The van der Waals surface area contributed by atoms with Gasteiger partial charge in [0.1, 0.15) is 0 Å². The normalized spacial score (nSPS) is 11.9. The van der Waals surface area contributed by atoms with Crippen LogP contribution in [0.3, 0.4) is 0 Å². The maximum absolute atomic E-state index is 13.5. The van der Waals surface area contributed by atoms with Gasteiger partial charge in [-0.1, -0.05) is 35.6 Å². The van der Waals surface area contributed by atoms with Gasteiger partial charge in [0.05, 0.1) is 20.7 Å². The van der Waals surface area contributed by atoms with Gasteiger partial charge < -0.3 is 4.90 Å². The molecule has 0 aliphatic carbocycles. The lowest BCUT2D eigenvalue weighted by atomic mass is 10.1. The monoisotopic (exact) mass is 445 g/mol. The van der Waals surface area contributed by atoms with E-state index in [4.69, 9.17) is 4.98 Å². The number of sulfone groups is 1. The smallest absolute Gasteiger partial charge is 0.261 e. The van der Waals surface area contributed by atoms with E-state index >= 15 is 0 Å². The molecule has 0 N–H and O–H groups in total. The van der Waals surface area contributed by atoms with Crippen molar-refractivity contribution in [1.29, 1.82) is 0 Å². The van der Waals surface area contributed by atoms with Gasteiger partial charge in [-0.25, -0.2) is 13.4 Å². The fraction of sp³-hybridized carbons (Fsp3) is 0.364. The summed E-state index contributed by atoms with van der Waals surface area (Å²) in [6.07, 6.45) is 1.87. The fourth-order valence-corrected chi connectivity index (χ4v) is 5.32. The van der Waals surface area contributed by atoms with Gasteiger partial charge in [0.2, 0.25) is 0 Å². The van der Waals surface area contributed by atoms with Gasteiger partial charge in [-0.3, -0.25) is 9.69 Å². The zero-order valence-corrected chi connectivity index (χ0v) is 19.6. The Hall–Kier alpha value is -2.29. The average molecular weight is 446 g/mol. The van der Waals surface area contributed by atoms with Crippen molar-refractivity contribution in [3.63, 3.8) is 0 Å². The van der Waals surface area contributed by atoms with Gasteiger partial charge in [0.15, 0.2) is 15.0 Å². The molecule has 1 heterocycles. The molecule has 6 nitrogen and oxygen atoms in total. The second-order valence-corrected chi connectivity index (χ2v) is 10.7. The minimum atomic E-state index is -3.54. The van der Waals surface area contributed by atoms with Gasteiger partial charge >= 0.3 is 0 Å². The number of rotatable bonds is 7. The molecule has 8 heteroatoms. The lowest BCUT2D eigenvalue weighted by Gasteiger charge is -2.22. The molecule has 0 unspecified atom stereocenters. The highest BCUT2D eigenvalue weighted by atomic mass is 32.2. The predicted molar refractivity (Wildman–Crippen MR) is 123 cm³/mol. The quantitative estimate of drug-likeness (QED) is 0.551. The zero-order chi connectivity index (χ0) is 22.1. The van der Waals surface area contributed by atoms with Crippen LogP contribution in [0.4, 0.5) is 5.13 Å². The van der Waals surface area contributed by atoms with E-state index in [1.807, 2.05) is 34.0 Å². The maximum Gasteiger partial charge on any atom is 0.261 e. The number of fused-ring (bicyclic) bond motifs is 1. The third kappa shape index (κ3) is 4.71. The molecule has 30 heavy (non-hydrogen) atoms. The number of amides is 1. The molecule has 0 radical (unpaired) electrons. The average Bonchev–Trinajstić information content (AvgIpc) is 3.13. The largest absolute Gasteiger partial charge is 0.309 e. The molecule has 0 spiro atoms. The number of carbonyl (C=O) groups is 1. The molecule has 3 rings (SSSR count). The molecule has 0 aliphatic heterocycles. The first-order chi connectivity index (χ1) is 14.1. The van der Waals surface area contributed by atoms with Gasteiger partial charge in [0, 0.05) is 12.8 Å². The first-order valence-corrected chi connectivity index (χ1v) is 12.4. The Kier molecular flexibility index (Phi) is 6.59. The van der Waals surface area contributed by atoms with Crippen LogP contribution < -0.4 is 4.90 Å². The summed E-state index contributed by atoms with van der Waals surface area (Å²) in [7, 11) is 0.424. The highest BCUT2D eigenvalue weighted by molar-refractivity contribution is 7.90. The van der Waals surface area contributed by atoms with Crippen LogP contribution in [0.5, 0.6) is 0 Å². The topological polar surface area (TPSA) is 70.6 Å². The van der Waals surface area contributed by atoms with Crippen LogP contribution >= 0.6 is 11.3 Å². The van der Waals surface area contributed by atoms with Crippen molar-refractivity contribution in [1.82, 2.24) is 9.88 Å². The molecule has 3 aromatic rings. The minimum absolute atomic E-state index is 0.0427. The summed E-state index contributed by atoms with van der Waals surface area (Å²) >= 11 is 1.47. The van der Waals surface area contributed by atoms with Crippen LogP contribution in [0.25, 0.3) is 10.2 Å². The molecule has 160 valence electrons. The second kappa shape index (κ2) is 8.83. The second-order valence-electron chi connectivity index (χ2n) is 7.76. The summed E-state index contributed by atoms with van der Waals surface area (Å²) < 4.78 is 25.6. The number of nitrogens with zero attached hydrogens (tertiary/aromatic N) is 3. The number of aromatic nitrogens is 1. The van der Waals surface area contributed by atoms with Gasteiger partial charge in [-0.2, -0.15) is 0 Å². The van der Waals surface area contributed by atoms with E-state index in [0.29, 0.717) is 11.7 Å². The van der Waals surface area contributed by atoms with E-state index in [9.17, 15) is 13.2 Å². The van der Waals surface area contributed by atoms with Crippen LogP contribution in [0.1, 0.15) is 27.9 Å². The van der Waals surface area contributed by atoms with E-state index < -0.39 is 9.84 Å². The van der Waals surface area contributed by atoms with Crippen LogP contribution in [0, 0.1) is 13.8 Å². The number of benzene rings is 2. The van der Waals surface area contributed by atoms with Gasteiger partial charge in [0.25, 0.3) is 5.91 Å². The number of thiazole rings is 1. The van der Waals surface area contributed by atoms with E-state index in [-0.39, 0.29) is 16.4 Å². The van der Waals surface area contributed by atoms with Crippen molar-refractivity contribution in [3.05, 3.63) is 53.1 Å². The molecule has 0 saturated heterocycles. The van der Waals surface area contributed by atoms with Gasteiger partial charge in [-0.15, -0.1) is 0 Å². The molecule has 1 aromatic heterocycles. The molecule has 0 saturated carbocycles. The first-order valence-electron chi connectivity index (χ1n) is 9.72.